The van der Waals surface area contributed by atoms with Crippen LogP contribution in [0, 0.1) is 0 Å². The number of ether oxygens (including phenoxy) is 1. The Morgan fingerprint density at radius 2 is 1.91 bits per heavy atom. The monoisotopic (exact) mass is 201 g/mol. The van der Waals surface area contributed by atoms with E-state index in [1.54, 1.807) is 0 Å². The molecule has 0 saturated carbocycles. The molecule has 0 N–H and O–H groups in total. The van der Waals surface area contributed by atoms with Crippen molar-refractivity contribution in [2.24, 2.45) is 0 Å². The van der Waals surface area contributed by atoms with E-state index in [0.29, 0.717) is 6.61 Å². The van der Waals surface area contributed by atoms with Crippen molar-refractivity contribution in [3.05, 3.63) is 0 Å². The molecule has 0 heterocycles. The molecule has 0 bridgehead atoms. The summed E-state index contributed by atoms with van der Waals surface area (Å²) in [5, 5.41) is 0. The maximum absolute atomic E-state index is 10.1. The van der Waals surface area contributed by atoms with Crippen molar-refractivity contribution >= 4 is 17.0 Å². The van der Waals surface area contributed by atoms with E-state index >= 15 is 0 Å². The highest BCUT2D eigenvalue weighted by molar-refractivity contribution is 6.61. The Labute approximate surface area is 78.3 Å². The lowest BCUT2D eigenvalue weighted by Gasteiger charge is -2.22. The van der Waals surface area contributed by atoms with Crippen LogP contribution < -0.4 is 12.4 Å². The van der Waals surface area contributed by atoms with Crippen LogP contribution in [0.4, 0.5) is 4.79 Å². The van der Waals surface area contributed by atoms with E-state index in [4.69, 9.17) is 11.6 Å². The first-order valence-electron chi connectivity index (χ1n) is 3.04. The third-order valence-corrected chi connectivity index (χ3v) is 1.09. The van der Waals surface area contributed by atoms with Crippen LogP contribution in [0.2, 0.25) is 0 Å². The fourth-order valence-electron chi connectivity index (χ4n) is 0.400. The SMILES string of the molecule is C[N+](C)(C)CCOC(=O)Cl.[Cl-]. The van der Waals surface area contributed by atoms with Crippen molar-refractivity contribution in [2.75, 3.05) is 34.3 Å². The van der Waals surface area contributed by atoms with Crippen molar-refractivity contribution in [2.45, 2.75) is 0 Å². The second kappa shape index (κ2) is 5.63. The summed E-state index contributed by atoms with van der Waals surface area (Å²) in [6.07, 6.45) is 0. The highest BCUT2D eigenvalue weighted by atomic mass is 35.5. The van der Waals surface area contributed by atoms with Gasteiger partial charge in [-0.15, -0.1) is 0 Å². The lowest BCUT2D eigenvalue weighted by atomic mass is 10.5. The zero-order valence-corrected chi connectivity index (χ0v) is 8.45. The van der Waals surface area contributed by atoms with E-state index in [1.807, 2.05) is 21.1 Å². The van der Waals surface area contributed by atoms with Crippen molar-refractivity contribution in [3.8, 4) is 0 Å². The Kier molecular flexibility index (Phi) is 6.96. The van der Waals surface area contributed by atoms with Gasteiger partial charge in [0.25, 0.3) is 0 Å². The van der Waals surface area contributed by atoms with Crippen LogP contribution in [0.1, 0.15) is 0 Å². The van der Waals surface area contributed by atoms with Crippen LogP contribution in [0.3, 0.4) is 0 Å². The molecule has 0 unspecified atom stereocenters. The Balaban J connectivity index is 0. The van der Waals surface area contributed by atoms with Gasteiger partial charge < -0.3 is 21.6 Å². The fourth-order valence-corrected chi connectivity index (χ4v) is 0.477. The molecule has 0 aliphatic rings. The molecule has 0 saturated heterocycles. The summed E-state index contributed by atoms with van der Waals surface area (Å²) in [5.41, 5.74) is -0.728. The quantitative estimate of drug-likeness (QED) is 0.393. The van der Waals surface area contributed by atoms with Crippen LogP contribution in [0.25, 0.3) is 0 Å². The number of quaternary nitrogens is 1. The highest BCUT2D eigenvalue weighted by Crippen LogP contribution is 1.91. The summed E-state index contributed by atoms with van der Waals surface area (Å²) in [6.45, 7) is 1.16. The van der Waals surface area contributed by atoms with Crippen molar-refractivity contribution in [1.29, 1.82) is 0 Å². The number of nitrogens with zero attached hydrogens (tertiary/aromatic N) is 1. The molecule has 0 radical (unpaired) electrons. The van der Waals surface area contributed by atoms with Gasteiger partial charge in [0.15, 0.2) is 0 Å². The Morgan fingerprint density at radius 1 is 1.45 bits per heavy atom. The largest absolute Gasteiger partial charge is 1.00 e. The van der Waals surface area contributed by atoms with Gasteiger partial charge in [-0.05, 0) is 0 Å². The fraction of sp³-hybridized carbons (Fsp3) is 0.833. The molecule has 0 aromatic heterocycles. The molecule has 0 rings (SSSR count). The molecule has 0 amide bonds. The van der Waals surface area contributed by atoms with Gasteiger partial charge in [0.05, 0.1) is 21.1 Å². The topological polar surface area (TPSA) is 26.3 Å². The van der Waals surface area contributed by atoms with Gasteiger partial charge >= 0.3 is 5.43 Å². The maximum atomic E-state index is 10.1. The van der Waals surface area contributed by atoms with Crippen LogP contribution in [0.15, 0.2) is 0 Å². The van der Waals surface area contributed by atoms with E-state index < -0.39 is 5.43 Å². The molecule has 0 aliphatic carbocycles. The minimum absolute atomic E-state index is 0. The molecule has 0 atom stereocenters. The van der Waals surface area contributed by atoms with Gasteiger partial charge in [0.2, 0.25) is 0 Å². The first-order valence-corrected chi connectivity index (χ1v) is 3.42. The molecule has 3 nitrogen and oxygen atoms in total. The third kappa shape index (κ3) is 13.1. The van der Waals surface area contributed by atoms with Crippen molar-refractivity contribution in [3.63, 3.8) is 0 Å². The van der Waals surface area contributed by atoms with Gasteiger partial charge in [0.1, 0.15) is 13.2 Å². The van der Waals surface area contributed by atoms with E-state index in [1.165, 1.54) is 0 Å². The molecule has 5 heteroatoms. The zero-order chi connectivity index (χ0) is 8.20. The number of hydrogen-bond donors (Lipinski definition) is 0. The standard InChI is InChI=1S/C6H13ClNO2.ClH/c1-8(2,3)4-5-10-6(7)9;/h4-5H2,1-3H3;1H/q+1;/p-1. The van der Waals surface area contributed by atoms with Gasteiger partial charge in [-0.1, -0.05) is 0 Å². The summed E-state index contributed by atoms with van der Waals surface area (Å²) < 4.78 is 5.30. The van der Waals surface area contributed by atoms with Crippen LogP contribution >= 0.6 is 11.6 Å². The van der Waals surface area contributed by atoms with Gasteiger partial charge in [-0.2, -0.15) is 0 Å². The summed E-state index contributed by atoms with van der Waals surface area (Å²) >= 11 is 4.94. The van der Waals surface area contributed by atoms with E-state index in [0.717, 1.165) is 11.0 Å². The summed E-state index contributed by atoms with van der Waals surface area (Å²) in [4.78, 5) is 10.1. The molecular formula is C6H13Cl2NO2. The Morgan fingerprint density at radius 3 is 2.18 bits per heavy atom. The first-order chi connectivity index (χ1) is 4.42. The minimum atomic E-state index is -0.728. The summed E-state index contributed by atoms with van der Waals surface area (Å²) in [5.74, 6) is 0. The predicted molar refractivity (Wildman–Crippen MR) is 40.1 cm³/mol. The molecule has 0 aromatic carbocycles. The van der Waals surface area contributed by atoms with Crippen LogP contribution in [0.5, 0.6) is 0 Å². The Hall–Kier alpha value is 0.01000. The summed E-state index contributed by atoms with van der Waals surface area (Å²) in [7, 11) is 6.05. The van der Waals surface area contributed by atoms with E-state index in [2.05, 4.69) is 4.74 Å². The number of halogens is 2. The zero-order valence-electron chi connectivity index (χ0n) is 6.93. The van der Waals surface area contributed by atoms with E-state index in [9.17, 15) is 4.79 Å². The lowest BCUT2D eigenvalue weighted by Crippen LogP contribution is -3.00. The second-order valence-corrected chi connectivity index (χ2v) is 3.41. The van der Waals surface area contributed by atoms with Gasteiger partial charge in [0, 0.05) is 11.6 Å². The van der Waals surface area contributed by atoms with Crippen molar-refractivity contribution in [1.82, 2.24) is 0 Å². The number of carbonyl (C=O) groups excluding carboxylic acids is 1. The number of likely N-dealkylation sites (N-methyl/N-ethyl adjacent to an activating group) is 1. The average Bonchev–Trinajstić information content (AvgIpc) is 1.59. The highest BCUT2D eigenvalue weighted by Gasteiger charge is 2.06. The minimum Gasteiger partial charge on any atom is -1.00 e. The molecular weight excluding hydrogens is 189 g/mol. The Bertz CT molecular complexity index is 122. The van der Waals surface area contributed by atoms with Gasteiger partial charge in [-0.3, -0.25) is 0 Å². The number of carbonyl (C=O) groups is 1. The van der Waals surface area contributed by atoms with Crippen LogP contribution in [-0.2, 0) is 4.74 Å². The van der Waals surface area contributed by atoms with E-state index in [-0.39, 0.29) is 12.4 Å². The maximum Gasteiger partial charge on any atom is 0.403 e. The third-order valence-electron chi connectivity index (χ3n) is 0.978. The predicted octanol–water partition coefficient (Wildman–Crippen LogP) is -1.93. The van der Waals surface area contributed by atoms with Gasteiger partial charge in [-0.25, -0.2) is 4.79 Å². The second-order valence-electron chi connectivity index (χ2n) is 3.10. The molecule has 68 valence electrons. The summed E-state index contributed by atoms with van der Waals surface area (Å²) in [6, 6.07) is 0. The molecule has 0 fully saturated rings. The number of rotatable bonds is 3. The lowest BCUT2D eigenvalue weighted by molar-refractivity contribution is -0.870. The molecule has 0 aromatic rings. The first kappa shape index (κ1) is 13.6. The number of hydrogen-bond acceptors (Lipinski definition) is 2. The smallest absolute Gasteiger partial charge is 0.403 e. The van der Waals surface area contributed by atoms with Crippen LogP contribution in [-0.4, -0.2) is 44.2 Å². The van der Waals surface area contributed by atoms with Crippen molar-refractivity contribution < 1.29 is 26.4 Å². The molecule has 11 heavy (non-hydrogen) atoms. The average molecular weight is 202 g/mol. The molecule has 0 spiro atoms. The normalized spacial score (nSPS) is 10.2. The molecule has 0 aliphatic heterocycles.